The van der Waals surface area contributed by atoms with E-state index in [4.69, 9.17) is 0 Å². The molecule has 0 radical (unpaired) electrons. The van der Waals surface area contributed by atoms with Crippen molar-refractivity contribution < 1.29 is 9.18 Å². The third-order valence-electron chi connectivity index (χ3n) is 6.30. The van der Waals surface area contributed by atoms with Gasteiger partial charge in [0, 0.05) is 36.1 Å². The molecule has 5 rings (SSSR count). The average molecular weight is 375 g/mol. The average Bonchev–Trinajstić information content (AvgIpc) is 2.98. The fourth-order valence-electron chi connectivity index (χ4n) is 5.13. The van der Waals surface area contributed by atoms with E-state index in [0.717, 1.165) is 38.3 Å². The number of hydrogen-bond acceptors (Lipinski definition) is 3. The SMILES string of the molecule is O=C(c1cncc(F)c1)N1C2CCC1CC(Cc1cccc3ccncc13)C2. The Hall–Kier alpha value is -2.82. The first-order chi connectivity index (χ1) is 13.7. The lowest BCUT2D eigenvalue weighted by Crippen LogP contribution is -2.47. The van der Waals surface area contributed by atoms with Crippen molar-refractivity contribution in [3.8, 4) is 0 Å². The summed E-state index contributed by atoms with van der Waals surface area (Å²) >= 11 is 0. The van der Waals surface area contributed by atoms with Gasteiger partial charge in [-0.05, 0) is 61.1 Å². The van der Waals surface area contributed by atoms with Crippen molar-refractivity contribution in [2.24, 2.45) is 5.92 Å². The van der Waals surface area contributed by atoms with Gasteiger partial charge in [0.05, 0.1) is 11.8 Å². The van der Waals surface area contributed by atoms with Crippen LogP contribution in [0.5, 0.6) is 0 Å². The van der Waals surface area contributed by atoms with E-state index in [2.05, 4.69) is 34.2 Å². The van der Waals surface area contributed by atoms with Crippen LogP contribution in [0.2, 0.25) is 0 Å². The summed E-state index contributed by atoms with van der Waals surface area (Å²) in [4.78, 5) is 23.1. The van der Waals surface area contributed by atoms with Gasteiger partial charge in [-0.25, -0.2) is 4.39 Å². The summed E-state index contributed by atoms with van der Waals surface area (Å²) in [5.74, 6) is 0.0166. The van der Waals surface area contributed by atoms with Crippen molar-refractivity contribution in [1.82, 2.24) is 14.9 Å². The first-order valence-electron chi connectivity index (χ1n) is 9.94. The minimum Gasteiger partial charge on any atom is -0.333 e. The van der Waals surface area contributed by atoms with Crippen LogP contribution in [0.15, 0.2) is 55.1 Å². The normalized spacial score (nSPS) is 23.9. The fourth-order valence-corrected chi connectivity index (χ4v) is 5.13. The summed E-state index contributed by atoms with van der Waals surface area (Å²) < 4.78 is 13.5. The van der Waals surface area contributed by atoms with E-state index in [9.17, 15) is 9.18 Å². The van der Waals surface area contributed by atoms with E-state index in [1.165, 1.54) is 28.6 Å². The number of carbonyl (C=O) groups excluding carboxylic acids is 1. The highest BCUT2D eigenvalue weighted by molar-refractivity contribution is 5.94. The molecular formula is C23H22FN3O. The number of pyridine rings is 2. The number of halogens is 1. The molecule has 28 heavy (non-hydrogen) atoms. The number of carbonyl (C=O) groups is 1. The first-order valence-corrected chi connectivity index (χ1v) is 9.94. The van der Waals surface area contributed by atoms with Crippen LogP contribution in [0.3, 0.4) is 0 Å². The van der Waals surface area contributed by atoms with Gasteiger partial charge in [-0.15, -0.1) is 0 Å². The zero-order valence-electron chi connectivity index (χ0n) is 15.6. The van der Waals surface area contributed by atoms with Gasteiger partial charge >= 0.3 is 0 Å². The van der Waals surface area contributed by atoms with Gasteiger partial charge in [0.25, 0.3) is 5.91 Å². The van der Waals surface area contributed by atoms with Crippen molar-refractivity contribution in [1.29, 1.82) is 0 Å². The van der Waals surface area contributed by atoms with Crippen LogP contribution in [-0.4, -0.2) is 32.9 Å². The summed E-state index contributed by atoms with van der Waals surface area (Å²) in [5, 5.41) is 2.45. The molecule has 2 unspecified atom stereocenters. The van der Waals surface area contributed by atoms with Crippen molar-refractivity contribution >= 4 is 16.7 Å². The molecule has 2 atom stereocenters. The van der Waals surface area contributed by atoms with E-state index >= 15 is 0 Å². The molecule has 2 aromatic heterocycles. The molecule has 0 N–H and O–H groups in total. The molecular weight excluding hydrogens is 353 g/mol. The molecule has 2 aliphatic rings. The van der Waals surface area contributed by atoms with Gasteiger partial charge in [-0.3, -0.25) is 14.8 Å². The van der Waals surface area contributed by atoms with E-state index < -0.39 is 5.82 Å². The van der Waals surface area contributed by atoms with E-state index in [1.54, 1.807) is 0 Å². The molecule has 0 saturated carbocycles. The third kappa shape index (κ3) is 3.05. The molecule has 3 aromatic rings. The zero-order chi connectivity index (χ0) is 19.1. The molecule has 1 amide bonds. The third-order valence-corrected chi connectivity index (χ3v) is 6.30. The highest BCUT2D eigenvalue weighted by atomic mass is 19.1. The van der Waals surface area contributed by atoms with Crippen LogP contribution in [0.25, 0.3) is 10.8 Å². The highest BCUT2D eigenvalue weighted by Crippen LogP contribution is 2.41. The van der Waals surface area contributed by atoms with Crippen LogP contribution in [0, 0.1) is 11.7 Å². The molecule has 2 aliphatic heterocycles. The fraction of sp³-hybridized carbons (Fsp3) is 0.348. The van der Waals surface area contributed by atoms with Gasteiger partial charge in [-0.2, -0.15) is 0 Å². The second-order valence-electron chi connectivity index (χ2n) is 8.04. The minimum atomic E-state index is -0.461. The number of fused-ring (bicyclic) bond motifs is 3. The monoisotopic (exact) mass is 375 g/mol. The van der Waals surface area contributed by atoms with Gasteiger partial charge in [0.15, 0.2) is 0 Å². The Bertz CT molecular complexity index is 1020. The summed E-state index contributed by atoms with van der Waals surface area (Å²) in [6.07, 6.45) is 11.5. The maximum atomic E-state index is 13.5. The van der Waals surface area contributed by atoms with Crippen LogP contribution in [0.1, 0.15) is 41.6 Å². The lowest BCUT2D eigenvalue weighted by molar-refractivity contribution is 0.0524. The molecule has 0 aliphatic carbocycles. The first kappa shape index (κ1) is 17.3. The second kappa shape index (κ2) is 6.97. The Labute approximate surface area is 163 Å². The second-order valence-corrected chi connectivity index (χ2v) is 8.04. The standard InChI is InChI=1S/C23H22FN3O/c24-19-11-18(12-26-13-19)23(28)27-20-4-5-21(27)10-15(9-20)8-17-3-1-2-16-6-7-25-14-22(16)17/h1-3,6-7,11-15,20-21H,4-5,8-10H2. The lowest BCUT2D eigenvalue weighted by atomic mass is 9.84. The zero-order valence-corrected chi connectivity index (χ0v) is 15.6. The summed E-state index contributed by atoms with van der Waals surface area (Å²) in [5.41, 5.74) is 1.69. The number of hydrogen-bond donors (Lipinski definition) is 0. The highest BCUT2D eigenvalue weighted by Gasteiger charge is 2.43. The molecule has 2 saturated heterocycles. The number of benzene rings is 1. The molecule has 4 heterocycles. The summed E-state index contributed by atoms with van der Waals surface area (Å²) in [7, 11) is 0. The van der Waals surface area contributed by atoms with Gasteiger partial charge in [-0.1, -0.05) is 18.2 Å². The van der Waals surface area contributed by atoms with Crippen LogP contribution in [-0.2, 0) is 6.42 Å². The van der Waals surface area contributed by atoms with Crippen LogP contribution in [0.4, 0.5) is 4.39 Å². The maximum Gasteiger partial charge on any atom is 0.256 e. The number of amides is 1. The van der Waals surface area contributed by atoms with Crippen molar-refractivity contribution in [3.05, 3.63) is 72.1 Å². The minimum absolute atomic E-state index is 0.0766. The smallest absolute Gasteiger partial charge is 0.256 e. The van der Waals surface area contributed by atoms with Crippen molar-refractivity contribution in [2.75, 3.05) is 0 Å². The predicted molar refractivity (Wildman–Crippen MR) is 105 cm³/mol. The molecule has 0 spiro atoms. The topological polar surface area (TPSA) is 46.1 Å². The predicted octanol–water partition coefficient (Wildman–Crippen LogP) is 4.39. The van der Waals surface area contributed by atoms with Gasteiger partial charge < -0.3 is 4.90 Å². The Balaban J connectivity index is 1.35. The Morgan fingerprint density at radius 1 is 1.07 bits per heavy atom. The van der Waals surface area contributed by atoms with Crippen LogP contribution >= 0.6 is 0 Å². The number of nitrogens with zero attached hydrogens (tertiary/aromatic N) is 3. The lowest BCUT2D eigenvalue weighted by Gasteiger charge is -2.39. The molecule has 2 fully saturated rings. The Morgan fingerprint density at radius 2 is 1.89 bits per heavy atom. The van der Waals surface area contributed by atoms with E-state index in [-0.39, 0.29) is 18.0 Å². The molecule has 1 aromatic carbocycles. The number of aromatic nitrogens is 2. The quantitative estimate of drug-likeness (QED) is 0.682. The maximum absolute atomic E-state index is 13.5. The molecule has 142 valence electrons. The van der Waals surface area contributed by atoms with Crippen molar-refractivity contribution in [2.45, 2.75) is 44.2 Å². The van der Waals surface area contributed by atoms with E-state index in [0.29, 0.717) is 11.5 Å². The largest absolute Gasteiger partial charge is 0.333 e. The Kier molecular flexibility index (Phi) is 4.30. The van der Waals surface area contributed by atoms with Crippen LogP contribution < -0.4 is 0 Å². The van der Waals surface area contributed by atoms with E-state index in [1.807, 2.05) is 17.3 Å². The van der Waals surface area contributed by atoms with Gasteiger partial charge in [0.1, 0.15) is 5.82 Å². The molecule has 4 nitrogen and oxygen atoms in total. The summed E-state index contributed by atoms with van der Waals surface area (Å²) in [6, 6.07) is 10.3. The van der Waals surface area contributed by atoms with Gasteiger partial charge in [0.2, 0.25) is 0 Å². The molecule has 5 heteroatoms. The van der Waals surface area contributed by atoms with Crippen molar-refractivity contribution in [3.63, 3.8) is 0 Å². The number of piperidine rings is 1. The Morgan fingerprint density at radius 3 is 2.68 bits per heavy atom. The summed E-state index contributed by atoms with van der Waals surface area (Å²) in [6.45, 7) is 0. The number of rotatable bonds is 3. The molecule has 2 bridgehead atoms.